The molecular formula is C7H8BNO5. The summed E-state index contributed by atoms with van der Waals surface area (Å²) in [5.74, 6) is 0.200. The van der Waals surface area contributed by atoms with Crippen molar-refractivity contribution >= 4 is 18.3 Å². The van der Waals surface area contributed by atoms with Crippen LogP contribution in [0.3, 0.4) is 0 Å². The molecule has 0 aromatic heterocycles. The Balaban J connectivity index is 3.20. The number of hydrogen-bond acceptors (Lipinski definition) is 5. The second-order valence-corrected chi connectivity index (χ2v) is 2.56. The molecule has 1 aromatic carbocycles. The van der Waals surface area contributed by atoms with Crippen LogP contribution >= 0.6 is 0 Å². The average Bonchev–Trinajstić information content (AvgIpc) is 2.16. The molecule has 0 spiro atoms. The molecule has 0 saturated carbocycles. The highest BCUT2D eigenvalue weighted by Gasteiger charge is 2.20. The van der Waals surface area contributed by atoms with Crippen LogP contribution in [0, 0.1) is 10.1 Å². The smallest absolute Gasteiger partial charge is 0.492 e. The maximum absolute atomic E-state index is 10.4. The SMILES string of the molecule is COc1ccc([N+](=O)[O-])cc1B(O)O. The Bertz CT molecular complexity index is 354. The van der Waals surface area contributed by atoms with Gasteiger partial charge in [0.05, 0.1) is 12.0 Å². The molecule has 0 aliphatic heterocycles. The molecule has 0 atom stereocenters. The number of nitro groups is 1. The molecule has 0 bridgehead atoms. The molecule has 1 aromatic rings. The number of rotatable bonds is 3. The van der Waals surface area contributed by atoms with E-state index in [2.05, 4.69) is 0 Å². The fraction of sp³-hybridized carbons (Fsp3) is 0.143. The first-order valence-electron chi connectivity index (χ1n) is 3.74. The molecule has 0 heterocycles. The summed E-state index contributed by atoms with van der Waals surface area (Å²) < 4.78 is 4.80. The van der Waals surface area contributed by atoms with Crippen LogP contribution in [0.15, 0.2) is 18.2 Å². The van der Waals surface area contributed by atoms with Crippen molar-refractivity contribution in [2.75, 3.05) is 7.11 Å². The van der Waals surface area contributed by atoms with Crippen LogP contribution in [0.1, 0.15) is 0 Å². The van der Waals surface area contributed by atoms with Gasteiger partial charge in [0.1, 0.15) is 5.75 Å². The summed E-state index contributed by atoms with van der Waals surface area (Å²) in [4.78, 5) is 9.76. The molecule has 74 valence electrons. The molecule has 6 nitrogen and oxygen atoms in total. The lowest BCUT2D eigenvalue weighted by Gasteiger charge is -2.06. The predicted molar refractivity (Wildman–Crippen MR) is 49.5 cm³/mol. The van der Waals surface area contributed by atoms with E-state index in [0.29, 0.717) is 0 Å². The first kappa shape index (κ1) is 10.5. The molecule has 2 N–H and O–H groups in total. The molecule has 0 fully saturated rings. The Morgan fingerprint density at radius 3 is 2.57 bits per heavy atom. The van der Waals surface area contributed by atoms with E-state index in [9.17, 15) is 10.1 Å². The van der Waals surface area contributed by atoms with Gasteiger partial charge in [-0.2, -0.15) is 0 Å². The Morgan fingerprint density at radius 1 is 1.50 bits per heavy atom. The third-order valence-corrected chi connectivity index (χ3v) is 1.70. The largest absolute Gasteiger partial charge is 0.497 e. The van der Waals surface area contributed by atoms with Crippen LogP contribution in [-0.2, 0) is 0 Å². The molecule has 0 radical (unpaired) electrons. The van der Waals surface area contributed by atoms with Gasteiger partial charge in [0.2, 0.25) is 0 Å². The van der Waals surface area contributed by atoms with Crippen LogP contribution in [0.25, 0.3) is 0 Å². The van der Waals surface area contributed by atoms with Gasteiger partial charge in [-0.25, -0.2) is 0 Å². The van der Waals surface area contributed by atoms with Crippen molar-refractivity contribution in [2.45, 2.75) is 0 Å². The van der Waals surface area contributed by atoms with E-state index in [4.69, 9.17) is 14.8 Å². The molecule has 0 aliphatic rings. The van der Waals surface area contributed by atoms with E-state index in [0.717, 1.165) is 6.07 Å². The van der Waals surface area contributed by atoms with Crippen molar-refractivity contribution in [3.63, 3.8) is 0 Å². The molecule has 0 saturated heterocycles. The third-order valence-electron chi connectivity index (χ3n) is 1.70. The summed E-state index contributed by atoms with van der Waals surface area (Å²) in [5, 5.41) is 28.2. The van der Waals surface area contributed by atoms with Gasteiger partial charge in [-0.3, -0.25) is 10.1 Å². The zero-order chi connectivity index (χ0) is 10.7. The molecule has 0 unspecified atom stereocenters. The minimum absolute atomic E-state index is 0.0262. The molecule has 14 heavy (non-hydrogen) atoms. The summed E-state index contributed by atoms with van der Waals surface area (Å²) in [7, 11) is -0.447. The van der Waals surface area contributed by atoms with Gasteiger partial charge < -0.3 is 14.8 Å². The number of nitrogens with zero attached hydrogens (tertiary/aromatic N) is 1. The lowest BCUT2D eigenvalue weighted by Crippen LogP contribution is -2.31. The molecular weight excluding hydrogens is 189 g/mol. The Morgan fingerprint density at radius 2 is 2.14 bits per heavy atom. The highest BCUT2D eigenvalue weighted by Crippen LogP contribution is 2.15. The number of methoxy groups -OCH3 is 1. The van der Waals surface area contributed by atoms with Gasteiger partial charge in [0.15, 0.2) is 0 Å². The lowest BCUT2D eigenvalue weighted by atomic mass is 9.79. The summed E-state index contributed by atoms with van der Waals surface area (Å²) in [6.07, 6.45) is 0. The van der Waals surface area contributed by atoms with Crippen molar-refractivity contribution < 1.29 is 19.7 Å². The normalized spacial score (nSPS) is 9.64. The van der Waals surface area contributed by atoms with Crippen molar-refractivity contribution in [1.82, 2.24) is 0 Å². The maximum Gasteiger partial charge on any atom is 0.492 e. The van der Waals surface area contributed by atoms with Crippen molar-refractivity contribution in [3.8, 4) is 5.75 Å². The van der Waals surface area contributed by atoms with E-state index in [-0.39, 0.29) is 16.9 Å². The minimum Gasteiger partial charge on any atom is -0.497 e. The zero-order valence-corrected chi connectivity index (χ0v) is 7.38. The number of benzene rings is 1. The minimum atomic E-state index is -1.79. The second-order valence-electron chi connectivity index (χ2n) is 2.56. The molecule has 7 heteroatoms. The van der Waals surface area contributed by atoms with E-state index >= 15 is 0 Å². The summed E-state index contributed by atoms with van der Waals surface area (Å²) >= 11 is 0. The van der Waals surface area contributed by atoms with Gasteiger partial charge in [-0.05, 0) is 6.07 Å². The van der Waals surface area contributed by atoms with Crippen LogP contribution in [0.4, 0.5) is 5.69 Å². The first-order valence-corrected chi connectivity index (χ1v) is 3.74. The highest BCUT2D eigenvalue weighted by molar-refractivity contribution is 6.59. The van der Waals surface area contributed by atoms with Crippen molar-refractivity contribution in [2.24, 2.45) is 0 Å². The van der Waals surface area contributed by atoms with Crippen molar-refractivity contribution in [1.29, 1.82) is 0 Å². The summed E-state index contributed by atoms with van der Waals surface area (Å²) in [5.41, 5.74) is -0.240. The van der Waals surface area contributed by atoms with E-state index < -0.39 is 12.0 Å². The van der Waals surface area contributed by atoms with E-state index in [1.54, 1.807) is 0 Å². The zero-order valence-electron chi connectivity index (χ0n) is 7.38. The standard InChI is InChI=1S/C7H8BNO5/c1-14-7-3-2-5(9(12)13)4-6(7)8(10)11/h2-4,10-11H,1H3. The highest BCUT2D eigenvalue weighted by atomic mass is 16.6. The molecule has 1 rings (SSSR count). The number of hydrogen-bond donors (Lipinski definition) is 2. The average molecular weight is 197 g/mol. The topological polar surface area (TPSA) is 92.8 Å². The van der Waals surface area contributed by atoms with Crippen LogP contribution < -0.4 is 10.2 Å². The fourth-order valence-corrected chi connectivity index (χ4v) is 1.04. The fourth-order valence-electron chi connectivity index (χ4n) is 1.04. The number of ether oxygens (including phenoxy) is 1. The predicted octanol–water partition coefficient (Wildman–Crippen LogP) is -0.717. The Hall–Kier alpha value is -1.60. The third kappa shape index (κ3) is 2.01. The van der Waals surface area contributed by atoms with Gasteiger partial charge in [0.25, 0.3) is 5.69 Å². The van der Waals surface area contributed by atoms with Gasteiger partial charge in [-0.15, -0.1) is 0 Å². The molecule has 0 aliphatic carbocycles. The summed E-state index contributed by atoms with van der Waals surface area (Å²) in [6.45, 7) is 0. The van der Waals surface area contributed by atoms with Gasteiger partial charge in [-0.1, -0.05) is 0 Å². The number of nitro benzene ring substituents is 1. The maximum atomic E-state index is 10.4. The van der Waals surface area contributed by atoms with Gasteiger partial charge in [0, 0.05) is 17.6 Å². The Kier molecular flexibility index (Phi) is 3.05. The van der Waals surface area contributed by atoms with Crippen LogP contribution in [0.2, 0.25) is 0 Å². The van der Waals surface area contributed by atoms with Crippen molar-refractivity contribution in [3.05, 3.63) is 28.3 Å². The van der Waals surface area contributed by atoms with Gasteiger partial charge >= 0.3 is 7.12 Å². The van der Waals surface area contributed by atoms with Crippen LogP contribution in [0.5, 0.6) is 5.75 Å². The summed E-state index contributed by atoms with van der Waals surface area (Å²) in [6, 6.07) is 3.60. The monoisotopic (exact) mass is 197 g/mol. The first-order chi connectivity index (χ1) is 6.56. The van der Waals surface area contributed by atoms with E-state index in [1.165, 1.54) is 19.2 Å². The number of non-ortho nitro benzene ring substituents is 1. The second kappa shape index (κ2) is 4.08. The van der Waals surface area contributed by atoms with E-state index in [1.807, 2.05) is 0 Å². The lowest BCUT2D eigenvalue weighted by molar-refractivity contribution is -0.384. The van der Waals surface area contributed by atoms with Crippen LogP contribution in [-0.4, -0.2) is 29.2 Å². The quantitative estimate of drug-likeness (QED) is 0.379. The Labute approximate surface area is 80.0 Å². The molecule has 0 amide bonds.